The van der Waals surface area contributed by atoms with E-state index in [0.717, 1.165) is 43.6 Å². The van der Waals surface area contributed by atoms with Crippen molar-refractivity contribution in [1.29, 1.82) is 0 Å². The molecule has 0 radical (unpaired) electrons. The lowest BCUT2D eigenvalue weighted by Gasteiger charge is -2.27. The van der Waals surface area contributed by atoms with Gasteiger partial charge in [0.15, 0.2) is 0 Å². The Bertz CT molecular complexity index is 960. The summed E-state index contributed by atoms with van der Waals surface area (Å²) in [6.45, 7) is 3.39. The van der Waals surface area contributed by atoms with Crippen LogP contribution in [0.2, 0.25) is 0 Å². The number of hydrogen-bond acceptors (Lipinski definition) is 4. The van der Waals surface area contributed by atoms with Gasteiger partial charge in [-0.05, 0) is 56.4 Å². The third-order valence-electron chi connectivity index (χ3n) is 5.63. The van der Waals surface area contributed by atoms with Crippen molar-refractivity contribution in [2.75, 3.05) is 32.1 Å². The lowest BCUT2D eigenvalue weighted by molar-refractivity contribution is -0.132. The monoisotopic (exact) mass is 424 g/mol. The Kier molecular flexibility index (Phi) is 7.50. The van der Waals surface area contributed by atoms with Gasteiger partial charge in [-0.1, -0.05) is 12.1 Å². The van der Waals surface area contributed by atoms with E-state index in [2.05, 4.69) is 29.6 Å². The summed E-state index contributed by atoms with van der Waals surface area (Å²) in [7, 11) is 3.99. The highest BCUT2D eigenvalue weighted by Crippen LogP contribution is 2.14. The molecule has 166 valence electrons. The normalized spacial score (nSPS) is 14.7. The summed E-state index contributed by atoms with van der Waals surface area (Å²) in [6.07, 6.45) is 5.32. The molecule has 1 aliphatic rings. The van der Waals surface area contributed by atoms with Crippen LogP contribution in [0.1, 0.15) is 42.1 Å². The van der Waals surface area contributed by atoms with E-state index < -0.39 is 0 Å². The summed E-state index contributed by atoms with van der Waals surface area (Å²) in [5, 5.41) is 2.99. The van der Waals surface area contributed by atoms with Crippen molar-refractivity contribution >= 4 is 17.5 Å². The van der Waals surface area contributed by atoms with E-state index in [1.165, 1.54) is 22.9 Å². The summed E-state index contributed by atoms with van der Waals surface area (Å²) in [4.78, 5) is 41.3. The summed E-state index contributed by atoms with van der Waals surface area (Å²) < 4.78 is 1.33. The molecule has 2 amide bonds. The molecule has 0 bridgehead atoms. The van der Waals surface area contributed by atoms with Crippen LogP contribution in [-0.4, -0.2) is 54.5 Å². The van der Waals surface area contributed by atoms with Crippen LogP contribution < -0.4 is 15.8 Å². The number of pyridine rings is 1. The van der Waals surface area contributed by atoms with Gasteiger partial charge in [-0.2, -0.15) is 0 Å². The zero-order chi connectivity index (χ0) is 22.4. The highest BCUT2D eigenvalue weighted by molar-refractivity contribution is 5.94. The van der Waals surface area contributed by atoms with Gasteiger partial charge < -0.3 is 19.7 Å². The first-order chi connectivity index (χ1) is 14.8. The van der Waals surface area contributed by atoms with Gasteiger partial charge in [0.1, 0.15) is 6.54 Å². The number of amides is 2. The second kappa shape index (κ2) is 10.3. The van der Waals surface area contributed by atoms with Crippen LogP contribution in [0.3, 0.4) is 0 Å². The number of nitrogens with zero attached hydrogens (tertiary/aromatic N) is 3. The third kappa shape index (κ3) is 6.20. The van der Waals surface area contributed by atoms with E-state index in [-0.39, 0.29) is 30.0 Å². The molecule has 7 nitrogen and oxygen atoms in total. The lowest BCUT2D eigenvalue weighted by Crippen LogP contribution is -2.40. The van der Waals surface area contributed by atoms with Gasteiger partial charge in [-0.25, -0.2) is 0 Å². The Morgan fingerprint density at radius 1 is 1.03 bits per heavy atom. The van der Waals surface area contributed by atoms with Gasteiger partial charge in [0, 0.05) is 51.2 Å². The molecule has 1 aromatic carbocycles. The first kappa shape index (κ1) is 22.6. The highest BCUT2D eigenvalue weighted by atomic mass is 16.2. The molecule has 7 heteroatoms. The second-order valence-corrected chi connectivity index (χ2v) is 8.46. The molecule has 2 heterocycles. The first-order valence-corrected chi connectivity index (χ1v) is 10.9. The zero-order valence-corrected chi connectivity index (χ0v) is 18.6. The smallest absolute Gasteiger partial charge is 0.252 e. The second-order valence-electron chi connectivity index (χ2n) is 8.46. The van der Waals surface area contributed by atoms with Crippen LogP contribution in [0.15, 0.2) is 47.4 Å². The van der Waals surface area contributed by atoms with E-state index >= 15 is 0 Å². The fraction of sp³-hybridized carbons (Fsp3) is 0.458. The van der Waals surface area contributed by atoms with Gasteiger partial charge in [-0.15, -0.1) is 0 Å². The van der Waals surface area contributed by atoms with Gasteiger partial charge in [0.05, 0.1) is 5.56 Å². The number of rotatable bonds is 7. The Morgan fingerprint density at radius 2 is 1.71 bits per heavy atom. The maximum Gasteiger partial charge on any atom is 0.252 e. The van der Waals surface area contributed by atoms with E-state index in [9.17, 15) is 14.4 Å². The number of anilines is 1. The molecular weight excluding hydrogens is 392 g/mol. The predicted molar refractivity (Wildman–Crippen MR) is 123 cm³/mol. The largest absolute Gasteiger partial charge is 0.378 e. The minimum Gasteiger partial charge on any atom is -0.378 e. The van der Waals surface area contributed by atoms with Crippen molar-refractivity contribution in [2.24, 2.45) is 0 Å². The maximum atomic E-state index is 12.7. The summed E-state index contributed by atoms with van der Waals surface area (Å²) in [5.74, 6) is -0.328. The fourth-order valence-electron chi connectivity index (χ4n) is 3.82. The van der Waals surface area contributed by atoms with Crippen LogP contribution >= 0.6 is 0 Å². The third-order valence-corrected chi connectivity index (χ3v) is 5.63. The van der Waals surface area contributed by atoms with Crippen molar-refractivity contribution in [3.8, 4) is 0 Å². The number of carbonyl (C=O) groups excluding carboxylic acids is 2. The molecule has 1 atom stereocenters. The van der Waals surface area contributed by atoms with Crippen molar-refractivity contribution in [3.05, 3.63) is 64.1 Å². The average Bonchev–Trinajstić information content (AvgIpc) is 2.76. The maximum absolute atomic E-state index is 12.7. The molecule has 3 rings (SSSR count). The Morgan fingerprint density at radius 3 is 2.35 bits per heavy atom. The van der Waals surface area contributed by atoms with E-state index in [0.29, 0.717) is 12.0 Å². The summed E-state index contributed by atoms with van der Waals surface area (Å²) in [6, 6.07) is 11.0. The van der Waals surface area contributed by atoms with Crippen molar-refractivity contribution in [3.63, 3.8) is 0 Å². The minimum absolute atomic E-state index is 0.0340. The van der Waals surface area contributed by atoms with Crippen LogP contribution in [-0.2, 0) is 17.8 Å². The molecule has 0 spiro atoms. The van der Waals surface area contributed by atoms with Crippen LogP contribution in [0, 0.1) is 0 Å². The van der Waals surface area contributed by atoms with Gasteiger partial charge in [-0.3, -0.25) is 14.4 Å². The predicted octanol–water partition coefficient (Wildman–Crippen LogP) is 2.29. The fourth-order valence-corrected chi connectivity index (χ4v) is 3.82. The molecule has 2 aromatic rings. The van der Waals surface area contributed by atoms with Crippen LogP contribution in [0.5, 0.6) is 0 Å². The summed E-state index contributed by atoms with van der Waals surface area (Å²) >= 11 is 0. The van der Waals surface area contributed by atoms with Crippen molar-refractivity contribution < 1.29 is 9.59 Å². The molecule has 1 N–H and O–H groups in total. The molecule has 31 heavy (non-hydrogen) atoms. The molecule has 1 unspecified atom stereocenters. The molecule has 1 aliphatic heterocycles. The number of benzene rings is 1. The molecular formula is C24H32N4O3. The topological polar surface area (TPSA) is 74.6 Å². The molecule has 0 aliphatic carbocycles. The van der Waals surface area contributed by atoms with E-state index in [1.54, 1.807) is 4.90 Å². The Hall–Kier alpha value is -3.09. The van der Waals surface area contributed by atoms with E-state index in [1.807, 2.05) is 25.9 Å². The Balaban J connectivity index is 1.61. The molecule has 1 aromatic heterocycles. The van der Waals surface area contributed by atoms with Gasteiger partial charge in [0.25, 0.3) is 11.5 Å². The Labute approximate surface area is 183 Å². The highest BCUT2D eigenvalue weighted by Gasteiger charge is 2.18. The summed E-state index contributed by atoms with van der Waals surface area (Å²) in [5.41, 5.74) is 2.36. The van der Waals surface area contributed by atoms with E-state index in [4.69, 9.17) is 0 Å². The van der Waals surface area contributed by atoms with Crippen LogP contribution in [0.4, 0.5) is 5.69 Å². The number of piperidine rings is 1. The first-order valence-electron chi connectivity index (χ1n) is 10.9. The number of likely N-dealkylation sites (tertiary alicyclic amines) is 1. The van der Waals surface area contributed by atoms with Crippen molar-refractivity contribution in [1.82, 2.24) is 14.8 Å². The van der Waals surface area contributed by atoms with Crippen LogP contribution in [0.25, 0.3) is 0 Å². The molecule has 1 fully saturated rings. The SMILES string of the molecule is CC(Cc1ccc(N(C)C)cc1)NC(=O)c1ccc(=O)n(CC(=O)N2CCCCC2)c1. The zero-order valence-electron chi connectivity index (χ0n) is 18.6. The number of hydrogen-bond donors (Lipinski definition) is 1. The van der Waals surface area contributed by atoms with Gasteiger partial charge >= 0.3 is 0 Å². The minimum atomic E-state index is -0.282. The average molecular weight is 425 g/mol. The van der Waals surface area contributed by atoms with Crippen molar-refractivity contribution in [2.45, 2.75) is 45.2 Å². The number of nitrogens with one attached hydrogen (secondary N) is 1. The number of aromatic nitrogens is 1. The molecule has 0 saturated carbocycles. The number of carbonyl (C=O) groups is 2. The quantitative estimate of drug-likeness (QED) is 0.740. The standard InChI is InChI=1S/C24H32N4O3/c1-18(15-19-7-10-21(11-8-19)26(2)3)25-24(31)20-9-12-22(29)28(16-20)17-23(30)27-13-5-4-6-14-27/h7-12,16,18H,4-6,13-15,17H2,1-3H3,(H,25,31). The lowest BCUT2D eigenvalue weighted by atomic mass is 10.1. The van der Waals surface area contributed by atoms with Gasteiger partial charge in [0.2, 0.25) is 5.91 Å². The molecule has 1 saturated heterocycles.